The van der Waals surface area contributed by atoms with Crippen LogP contribution in [0.3, 0.4) is 0 Å². The summed E-state index contributed by atoms with van der Waals surface area (Å²) in [5.74, 6) is 0.785. The van der Waals surface area contributed by atoms with Gasteiger partial charge in [0.25, 0.3) is 5.91 Å². The minimum atomic E-state index is -0.258. The molecule has 1 aliphatic rings. The fraction of sp³-hybridized carbons (Fsp3) is 0.190. The van der Waals surface area contributed by atoms with E-state index in [2.05, 4.69) is 43.9 Å². The van der Waals surface area contributed by atoms with E-state index in [0.29, 0.717) is 22.9 Å². The first-order valence-electron chi connectivity index (χ1n) is 9.17. The predicted octanol–water partition coefficient (Wildman–Crippen LogP) is 2.69. The smallest absolute Gasteiger partial charge is 0.269 e. The van der Waals surface area contributed by atoms with Gasteiger partial charge in [-0.25, -0.2) is 9.97 Å². The maximum Gasteiger partial charge on any atom is 0.269 e. The van der Waals surface area contributed by atoms with Crippen LogP contribution in [0.15, 0.2) is 54.9 Å². The Labute approximate surface area is 163 Å². The van der Waals surface area contributed by atoms with E-state index in [-0.39, 0.29) is 5.91 Å². The highest BCUT2D eigenvalue weighted by Gasteiger charge is 2.20. The molecule has 7 nitrogen and oxygen atoms in total. The van der Waals surface area contributed by atoms with E-state index in [1.54, 1.807) is 12.1 Å². The monoisotopic (exact) mass is 374 g/mol. The van der Waals surface area contributed by atoms with Crippen LogP contribution in [0.4, 0.5) is 17.3 Å². The number of carbonyl (C=O) groups is 1. The summed E-state index contributed by atoms with van der Waals surface area (Å²) in [6.07, 6.45) is 2.39. The van der Waals surface area contributed by atoms with Gasteiger partial charge in [0.1, 0.15) is 12.0 Å². The van der Waals surface area contributed by atoms with Crippen molar-refractivity contribution >= 4 is 23.2 Å². The summed E-state index contributed by atoms with van der Waals surface area (Å²) in [6.45, 7) is 3.54. The van der Waals surface area contributed by atoms with Gasteiger partial charge in [0.05, 0.1) is 0 Å². The van der Waals surface area contributed by atoms with Gasteiger partial charge < -0.3 is 10.6 Å². The van der Waals surface area contributed by atoms with Crippen molar-refractivity contribution < 1.29 is 4.79 Å². The summed E-state index contributed by atoms with van der Waals surface area (Å²) >= 11 is 0. The molecule has 0 unspecified atom stereocenters. The lowest BCUT2D eigenvalue weighted by Crippen LogP contribution is -2.33. The van der Waals surface area contributed by atoms with Gasteiger partial charge in [-0.15, -0.1) is 0 Å². The molecule has 28 heavy (non-hydrogen) atoms. The number of anilines is 3. The average Bonchev–Trinajstić information content (AvgIpc) is 2.73. The van der Waals surface area contributed by atoms with Crippen molar-refractivity contribution in [2.24, 2.45) is 0 Å². The largest absolute Gasteiger partial charge is 0.393 e. The van der Waals surface area contributed by atoms with E-state index >= 15 is 0 Å². The molecule has 4 N–H and O–H groups in total. The third-order valence-electron chi connectivity index (χ3n) is 4.90. The molecule has 0 spiro atoms. The Balaban J connectivity index is 1.48. The zero-order chi connectivity index (χ0) is 19.5. The minimum absolute atomic E-state index is 0.258. The lowest BCUT2D eigenvalue weighted by molar-refractivity contribution is 0.0962. The molecule has 142 valence electrons. The number of nitrogens with two attached hydrogens (primary N) is 1. The molecule has 2 heterocycles. The molecule has 1 amide bonds. The Morgan fingerprint density at radius 3 is 2.61 bits per heavy atom. The highest BCUT2D eigenvalue weighted by atomic mass is 16.2. The quantitative estimate of drug-likeness (QED) is 0.608. The summed E-state index contributed by atoms with van der Waals surface area (Å²) in [4.78, 5) is 23.0. The van der Waals surface area contributed by atoms with Gasteiger partial charge in [0.2, 0.25) is 0 Å². The highest BCUT2D eigenvalue weighted by molar-refractivity contribution is 5.95. The minimum Gasteiger partial charge on any atom is -0.393 e. The molecule has 4 rings (SSSR count). The van der Waals surface area contributed by atoms with Gasteiger partial charge in [-0.3, -0.25) is 15.6 Å². The van der Waals surface area contributed by atoms with E-state index in [1.807, 2.05) is 25.1 Å². The van der Waals surface area contributed by atoms with Crippen molar-refractivity contribution in [1.29, 1.82) is 0 Å². The van der Waals surface area contributed by atoms with Gasteiger partial charge in [-0.2, -0.15) is 0 Å². The standard InChI is InChI=1S/C21H22N6O/c1-14-6-8-16(9-7-14)21(28)26-25-19-18(22)20(24-13-23-19)27-11-10-15-4-2-3-5-17(15)12-27/h2-9,13H,10-12,22H2,1H3,(H,26,28)(H,23,24,25). The fourth-order valence-corrected chi connectivity index (χ4v) is 3.31. The summed E-state index contributed by atoms with van der Waals surface area (Å²) in [7, 11) is 0. The van der Waals surface area contributed by atoms with Crippen molar-refractivity contribution in [3.05, 3.63) is 77.1 Å². The number of rotatable bonds is 4. The van der Waals surface area contributed by atoms with Crippen LogP contribution in [0.5, 0.6) is 0 Å². The van der Waals surface area contributed by atoms with Crippen LogP contribution in [-0.4, -0.2) is 22.4 Å². The van der Waals surface area contributed by atoms with Gasteiger partial charge >= 0.3 is 0 Å². The van der Waals surface area contributed by atoms with E-state index in [1.165, 1.54) is 17.5 Å². The normalized spacial score (nSPS) is 13.0. The molecule has 3 aromatic rings. The molecule has 0 fully saturated rings. The van der Waals surface area contributed by atoms with Crippen LogP contribution in [0, 0.1) is 6.92 Å². The summed E-state index contributed by atoms with van der Waals surface area (Å²) in [6, 6.07) is 15.7. The second-order valence-electron chi connectivity index (χ2n) is 6.84. The number of hydrogen-bond donors (Lipinski definition) is 3. The van der Waals surface area contributed by atoms with Crippen molar-refractivity contribution in [3.63, 3.8) is 0 Å². The Bertz CT molecular complexity index is 1000. The Kier molecular flexibility index (Phi) is 4.80. The topological polar surface area (TPSA) is 96.2 Å². The molecular weight excluding hydrogens is 352 g/mol. The van der Waals surface area contributed by atoms with E-state index < -0.39 is 0 Å². The van der Waals surface area contributed by atoms with Crippen LogP contribution >= 0.6 is 0 Å². The number of carbonyl (C=O) groups excluding carboxylic acids is 1. The molecule has 0 atom stereocenters. The molecular formula is C21H22N6O. The molecule has 1 aromatic heterocycles. The summed E-state index contributed by atoms with van der Waals surface area (Å²) < 4.78 is 0. The first-order valence-corrected chi connectivity index (χ1v) is 9.17. The van der Waals surface area contributed by atoms with Crippen molar-refractivity contribution in [2.75, 3.05) is 22.6 Å². The van der Waals surface area contributed by atoms with Crippen LogP contribution in [0.1, 0.15) is 27.0 Å². The number of fused-ring (bicyclic) bond motifs is 1. The van der Waals surface area contributed by atoms with Crippen LogP contribution < -0.4 is 21.5 Å². The van der Waals surface area contributed by atoms with E-state index in [0.717, 1.165) is 25.1 Å². The molecule has 0 aliphatic carbocycles. The number of nitrogen functional groups attached to an aromatic ring is 1. The number of benzene rings is 2. The number of aromatic nitrogens is 2. The van der Waals surface area contributed by atoms with E-state index in [4.69, 9.17) is 5.73 Å². The number of hydrogen-bond acceptors (Lipinski definition) is 6. The summed E-state index contributed by atoms with van der Waals surface area (Å²) in [5.41, 5.74) is 16.5. The number of nitrogens with zero attached hydrogens (tertiary/aromatic N) is 3. The highest BCUT2D eigenvalue weighted by Crippen LogP contribution is 2.30. The zero-order valence-corrected chi connectivity index (χ0v) is 15.6. The lowest BCUT2D eigenvalue weighted by Gasteiger charge is -2.30. The second-order valence-corrected chi connectivity index (χ2v) is 6.84. The van der Waals surface area contributed by atoms with Crippen LogP contribution in [0.2, 0.25) is 0 Å². The Morgan fingerprint density at radius 1 is 1.07 bits per heavy atom. The van der Waals surface area contributed by atoms with Gasteiger partial charge in [0, 0.05) is 18.7 Å². The molecule has 2 aromatic carbocycles. The first kappa shape index (κ1) is 17.8. The maximum atomic E-state index is 12.3. The van der Waals surface area contributed by atoms with Crippen molar-refractivity contribution in [2.45, 2.75) is 19.9 Å². The molecule has 0 radical (unpaired) electrons. The lowest BCUT2D eigenvalue weighted by atomic mass is 10.00. The first-order chi connectivity index (χ1) is 13.6. The van der Waals surface area contributed by atoms with Gasteiger partial charge in [0.15, 0.2) is 11.6 Å². The van der Waals surface area contributed by atoms with Crippen LogP contribution in [0.25, 0.3) is 0 Å². The molecule has 0 bridgehead atoms. The van der Waals surface area contributed by atoms with Gasteiger partial charge in [-0.05, 0) is 36.6 Å². The second kappa shape index (κ2) is 7.56. The predicted molar refractivity (Wildman–Crippen MR) is 110 cm³/mol. The average molecular weight is 374 g/mol. The Morgan fingerprint density at radius 2 is 1.82 bits per heavy atom. The molecule has 1 aliphatic heterocycles. The third-order valence-corrected chi connectivity index (χ3v) is 4.90. The van der Waals surface area contributed by atoms with Crippen molar-refractivity contribution in [3.8, 4) is 0 Å². The number of aryl methyl sites for hydroxylation is 1. The molecule has 0 saturated heterocycles. The summed E-state index contributed by atoms with van der Waals surface area (Å²) in [5, 5.41) is 0. The van der Waals surface area contributed by atoms with E-state index in [9.17, 15) is 4.79 Å². The number of amides is 1. The third kappa shape index (κ3) is 3.59. The SMILES string of the molecule is Cc1ccc(C(=O)NNc2ncnc(N3CCc4ccccc4C3)c2N)cc1. The van der Waals surface area contributed by atoms with Gasteiger partial charge in [-0.1, -0.05) is 42.0 Å². The van der Waals surface area contributed by atoms with Crippen LogP contribution in [-0.2, 0) is 13.0 Å². The molecule has 0 saturated carbocycles. The zero-order valence-electron chi connectivity index (χ0n) is 15.6. The van der Waals surface area contributed by atoms with Crippen molar-refractivity contribution in [1.82, 2.24) is 15.4 Å². The molecule has 7 heteroatoms. The maximum absolute atomic E-state index is 12.3. The number of hydrazine groups is 1. The number of nitrogens with one attached hydrogen (secondary N) is 2. The Hall–Kier alpha value is -3.61. The fourth-order valence-electron chi connectivity index (χ4n) is 3.31.